The summed E-state index contributed by atoms with van der Waals surface area (Å²) in [6.07, 6.45) is 8.50. The normalized spacial score (nSPS) is 17.4. The number of likely N-dealkylation sites (tertiary alicyclic amines) is 1. The van der Waals surface area contributed by atoms with Crippen LogP contribution in [-0.4, -0.2) is 63.0 Å². The van der Waals surface area contributed by atoms with E-state index in [0.29, 0.717) is 36.4 Å². The van der Waals surface area contributed by atoms with Gasteiger partial charge in [0, 0.05) is 49.1 Å². The molecule has 0 spiro atoms. The van der Waals surface area contributed by atoms with Gasteiger partial charge in [-0.15, -0.1) is 0 Å². The molecule has 1 aliphatic carbocycles. The predicted molar refractivity (Wildman–Crippen MR) is 154 cm³/mol. The minimum Gasteiger partial charge on any atom is -0.457 e. The number of nitrogens with zero attached hydrogens (tertiary/aromatic N) is 5. The fourth-order valence-electron chi connectivity index (χ4n) is 5.67. The van der Waals surface area contributed by atoms with Gasteiger partial charge in [0.15, 0.2) is 0 Å². The number of anilines is 1. The third kappa shape index (κ3) is 5.16. The number of benzene rings is 2. The Morgan fingerprint density at radius 1 is 1.15 bits per heavy atom. The van der Waals surface area contributed by atoms with Gasteiger partial charge >= 0.3 is 0 Å². The van der Waals surface area contributed by atoms with Crippen molar-refractivity contribution < 1.29 is 13.9 Å². The van der Waals surface area contributed by atoms with Crippen LogP contribution in [0.1, 0.15) is 31.0 Å². The van der Waals surface area contributed by atoms with Crippen molar-refractivity contribution in [2.75, 3.05) is 32.4 Å². The fraction of sp³-hybridized carbons (Fsp3) is 0.323. The van der Waals surface area contributed by atoms with Gasteiger partial charge in [-0.1, -0.05) is 24.3 Å². The van der Waals surface area contributed by atoms with Crippen LogP contribution in [0.25, 0.3) is 22.2 Å². The summed E-state index contributed by atoms with van der Waals surface area (Å²) >= 11 is 0. The second-order valence-electron chi connectivity index (χ2n) is 10.7. The van der Waals surface area contributed by atoms with E-state index >= 15 is 0 Å². The van der Waals surface area contributed by atoms with E-state index in [0.717, 1.165) is 40.8 Å². The van der Waals surface area contributed by atoms with E-state index in [-0.39, 0.29) is 17.8 Å². The van der Waals surface area contributed by atoms with E-state index in [1.807, 2.05) is 35.2 Å². The van der Waals surface area contributed by atoms with Gasteiger partial charge < -0.3 is 19.9 Å². The van der Waals surface area contributed by atoms with Crippen molar-refractivity contribution in [3.05, 3.63) is 78.5 Å². The summed E-state index contributed by atoms with van der Waals surface area (Å²) in [5.74, 6) is 1.14. The minimum absolute atomic E-state index is 0.0454. The summed E-state index contributed by atoms with van der Waals surface area (Å²) < 4.78 is 21.6. The Morgan fingerprint density at radius 2 is 1.95 bits per heavy atom. The first kappa shape index (κ1) is 26.0. The minimum atomic E-state index is -0.350. The van der Waals surface area contributed by atoms with Gasteiger partial charge in [-0.25, -0.2) is 14.4 Å². The van der Waals surface area contributed by atoms with Gasteiger partial charge in [-0.3, -0.25) is 9.69 Å². The number of nitrogens with two attached hydrogens (primary N) is 1. The Hall–Kier alpha value is -4.24. The highest BCUT2D eigenvalue weighted by Crippen LogP contribution is 2.40. The molecular weight excluding hydrogens is 507 g/mol. The molecule has 2 N–H and O–H groups in total. The highest BCUT2D eigenvalue weighted by Gasteiger charge is 2.31. The predicted octanol–water partition coefficient (Wildman–Crippen LogP) is 5.34. The van der Waals surface area contributed by atoms with Crippen LogP contribution >= 0.6 is 0 Å². The average Bonchev–Trinajstić information content (AvgIpc) is 3.60. The number of ether oxygens (including phenoxy) is 1. The topological polar surface area (TPSA) is 89.5 Å². The molecule has 1 aliphatic heterocycles. The molecule has 2 fully saturated rings. The van der Waals surface area contributed by atoms with Crippen molar-refractivity contribution in [2.24, 2.45) is 0 Å². The Morgan fingerprint density at radius 3 is 2.70 bits per heavy atom. The van der Waals surface area contributed by atoms with Crippen molar-refractivity contribution in [1.29, 1.82) is 0 Å². The zero-order chi connectivity index (χ0) is 27.8. The van der Waals surface area contributed by atoms with Crippen molar-refractivity contribution in [3.63, 3.8) is 0 Å². The maximum absolute atomic E-state index is 13.6. The van der Waals surface area contributed by atoms with Crippen molar-refractivity contribution in [2.45, 2.75) is 38.3 Å². The SMILES string of the molecule is Cc1c(-c2ccc(Oc3cccc(F)c3)cc2)c2c(N)ncnc2n1C1CCN(C(=O)C=CCN(C)C2CC2)C1. The molecule has 4 aromatic rings. The molecule has 0 bridgehead atoms. The number of amides is 1. The summed E-state index contributed by atoms with van der Waals surface area (Å²) in [6, 6.07) is 14.4. The number of hydrogen-bond donors (Lipinski definition) is 1. The van der Waals surface area contributed by atoms with Crippen LogP contribution < -0.4 is 10.5 Å². The number of likely N-dealkylation sites (N-methyl/N-ethyl adjacent to an activating group) is 1. The number of rotatable bonds is 8. The lowest BCUT2D eigenvalue weighted by atomic mass is 10.0. The summed E-state index contributed by atoms with van der Waals surface area (Å²) in [5, 5.41) is 0.798. The van der Waals surface area contributed by atoms with Crippen molar-refractivity contribution >= 4 is 22.8 Å². The van der Waals surface area contributed by atoms with E-state index < -0.39 is 0 Å². The average molecular weight is 541 g/mol. The van der Waals surface area contributed by atoms with Crippen LogP contribution in [0.5, 0.6) is 11.5 Å². The van der Waals surface area contributed by atoms with Crippen molar-refractivity contribution in [3.8, 4) is 22.6 Å². The lowest BCUT2D eigenvalue weighted by Gasteiger charge is -2.18. The van der Waals surface area contributed by atoms with E-state index in [4.69, 9.17) is 10.5 Å². The van der Waals surface area contributed by atoms with Gasteiger partial charge in [-0.2, -0.15) is 0 Å². The van der Waals surface area contributed by atoms with E-state index in [9.17, 15) is 9.18 Å². The zero-order valence-corrected chi connectivity index (χ0v) is 22.8. The molecule has 206 valence electrons. The third-order valence-corrected chi connectivity index (χ3v) is 7.90. The lowest BCUT2D eigenvalue weighted by Crippen LogP contribution is -2.28. The van der Waals surface area contributed by atoms with Gasteiger partial charge in [0.25, 0.3) is 0 Å². The van der Waals surface area contributed by atoms with Crippen LogP contribution in [0.4, 0.5) is 10.2 Å². The number of aromatic nitrogens is 3. The quantitative estimate of drug-likeness (QED) is 0.303. The van der Waals surface area contributed by atoms with E-state index in [1.54, 1.807) is 18.2 Å². The maximum Gasteiger partial charge on any atom is 0.246 e. The number of nitrogen functional groups attached to an aromatic ring is 1. The highest BCUT2D eigenvalue weighted by molar-refractivity contribution is 6.02. The van der Waals surface area contributed by atoms with Crippen LogP contribution in [0.15, 0.2) is 67.0 Å². The summed E-state index contributed by atoms with van der Waals surface area (Å²) in [7, 11) is 2.11. The highest BCUT2D eigenvalue weighted by atomic mass is 19.1. The van der Waals surface area contributed by atoms with Gasteiger partial charge in [0.05, 0.1) is 11.4 Å². The summed E-state index contributed by atoms with van der Waals surface area (Å²) in [4.78, 5) is 26.0. The third-order valence-electron chi connectivity index (χ3n) is 7.90. The molecule has 40 heavy (non-hydrogen) atoms. The first-order valence-electron chi connectivity index (χ1n) is 13.7. The number of fused-ring (bicyclic) bond motifs is 1. The second kappa shape index (κ2) is 10.7. The van der Waals surface area contributed by atoms with Crippen LogP contribution in [0, 0.1) is 12.7 Å². The molecule has 3 heterocycles. The van der Waals surface area contributed by atoms with Gasteiger partial charge in [0.1, 0.15) is 35.1 Å². The Kier molecular flexibility index (Phi) is 6.98. The molecule has 1 amide bonds. The standard InChI is InChI=1S/C31H33FN6O2/c1-20-28(21-8-12-25(13-9-21)40-26-6-3-5-22(32)17-26)29-30(33)34-19-35-31(29)38(20)24-14-16-37(18-24)27(39)7-4-15-36(2)23-10-11-23/h3-9,12-13,17,19,23-24H,10-11,14-16,18H2,1-2H3,(H2,33,34,35). The number of hydrogen-bond acceptors (Lipinski definition) is 6. The molecule has 1 saturated carbocycles. The van der Waals surface area contributed by atoms with Crippen molar-refractivity contribution in [1.82, 2.24) is 24.3 Å². The number of carbonyl (C=O) groups is 1. The molecule has 2 aromatic heterocycles. The molecule has 2 aromatic carbocycles. The smallest absolute Gasteiger partial charge is 0.246 e. The monoisotopic (exact) mass is 540 g/mol. The molecular formula is C31H33FN6O2. The molecule has 9 heteroatoms. The number of halogens is 1. The number of carbonyl (C=O) groups excluding carboxylic acids is 1. The lowest BCUT2D eigenvalue weighted by molar-refractivity contribution is -0.125. The molecule has 1 unspecified atom stereocenters. The van der Waals surface area contributed by atoms with E-state index in [2.05, 4.69) is 33.4 Å². The summed E-state index contributed by atoms with van der Waals surface area (Å²) in [5.41, 5.74) is 10.1. The molecule has 2 aliphatic rings. The molecule has 1 saturated heterocycles. The van der Waals surface area contributed by atoms with Gasteiger partial charge in [-0.05, 0) is 63.1 Å². The fourth-order valence-corrected chi connectivity index (χ4v) is 5.67. The Bertz CT molecular complexity index is 1580. The molecule has 0 radical (unpaired) electrons. The first-order chi connectivity index (χ1) is 19.4. The Labute approximate surface area is 232 Å². The van der Waals surface area contributed by atoms with E-state index in [1.165, 1.54) is 31.3 Å². The second-order valence-corrected chi connectivity index (χ2v) is 10.7. The Balaban J connectivity index is 1.25. The molecule has 8 nitrogen and oxygen atoms in total. The molecule has 1 atom stereocenters. The summed E-state index contributed by atoms with van der Waals surface area (Å²) in [6.45, 7) is 4.15. The maximum atomic E-state index is 13.6. The van der Waals surface area contributed by atoms with Crippen LogP contribution in [0.2, 0.25) is 0 Å². The van der Waals surface area contributed by atoms with Crippen LogP contribution in [-0.2, 0) is 4.79 Å². The molecule has 6 rings (SSSR count). The largest absolute Gasteiger partial charge is 0.457 e. The first-order valence-corrected chi connectivity index (χ1v) is 13.7. The van der Waals surface area contributed by atoms with Crippen LogP contribution in [0.3, 0.4) is 0 Å². The van der Waals surface area contributed by atoms with Gasteiger partial charge in [0.2, 0.25) is 5.91 Å². The zero-order valence-electron chi connectivity index (χ0n) is 22.8.